The number of esters is 1. The fraction of sp³-hybridized carbons (Fsp3) is 0. The van der Waals surface area contributed by atoms with E-state index >= 15 is 0 Å². The first-order valence-electron chi connectivity index (χ1n) is 5.03. The Morgan fingerprint density at radius 2 is 1.61 bits per heavy atom. The first-order chi connectivity index (χ1) is 8.58. The van der Waals surface area contributed by atoms with Crippen LogP contribution in [0, 0.1) is 11.6 Å². The summed E-state index contributed by atoms with van der Waals surface area (Å²) in [6.07, 6.45) is 0. The summed E-state index contributed by atoms with van der Waals surface area (Å²) in [6, 6.07) is 9.48. The second-order valence-electron chi connectivity index (χ2n) is 3.49. The highest BCUT2D eigenvalue weighted by Gasteiger charge is 2.13. The van der Waals surface area contributed by atoms with Gasteiger partial charge in [0.2, 0.25) is 0 Å². The molecule has 0 fully saturated rings. The van der Waals surface area contributed by atoms with E-state index in [1.54, 1.807) is 18.2 Å². The summed E-state index contributed by atoms with van der Waals surface area (Å²) in [4.78, 5) is 11.6. The lowest BCUT2D eigenvalue weighted by atomic mass is 10.2. The van der Waals surface area contributed by atoms with Crippen molar-refractivity contribution in [2.45, 2.75) is 0 Å². The molecule has 2 aromatic rings. The molecule has 5 heteroatoms. The Balaban J connectivity index is 2.23. The minimum Gasteiger partial charge on any atom is -0.503 e. The number of carbonyl (C=O) groups is 1. The molecule has 0 bridgehead atoms. The van der Waals surface area contributed by atoms with Gasteiger partial charge in [0.25, 0.3) is 0 Å². The highest BCUT2D eigenvalue weighted by molar-refractivity contribution is 5.90. The van der Waals surface area contributed by atoms with Crippen LogP contribution in [0.2, 0.25) is 0 Å². The van der Waals surface area contributed by atoms with Crippen molar-refractivity contribution in [3.05, 3.63) is 59.7 Å². The monoisotopic (exact) mass is 250 g/mol. The van der Waals surface area contributed by atoms with E-state index in [-0.39, 0.29) is 11.3 Å². The van der Waals surface area contributed by atoms with Gasteiger partial charge < -0.3 is 9.84 Å². The molecule has 1 N–H and O–H groups in total. The van der Waals surface area contributed by atoms with Crippen molar-refractivity contribution in [1.29, 1.82) is 0 Å². The number of aromatic hydroxyl groups is 1. The third-order valence-electron chi connectivity index (χ3n) is 2.21. The fourth-order valence-electron chi connectivity index (χ4n) is 1.34. The highest BCUT2D eigenvalue weighted by Crippen LogP contribution is 2.25. The van der Waals surface area contributed by atoms with Crippen LogP contribution in [-0.4, -0.2) is 11.1 Å². The summed E-state index contributed by atoms with van der Waals surface area (Å²) in [7, 11) is 0. The van der Waals surface area contributed by atoms with E-state index in [0.717, 1.165) is 12.1 Å². The number of benzene rings is 2. The minimum atomic E-state index is -1.19. The number of phenols is 1. The van der Waals surface area contributed by atoms with Crippen LogP contribution >= 0.6 is 0 Å². The average Bonchev–Trinajstić information content (AvgIpc) is 2.37. The van der Waals surface area contributed by atoms with Gasteiger partial charge in [-0.2, -0.15) is 0 Å². The first kappa shape index (κ1) is 12.0. The molecule has 0 atom stereocenters. The molecule has 92 valence electrons. The van der Waals surface area contributed by atoms with Crippen molar-refractivity contribution in [3.63, 3.8) is 0 Å². The Hall–Kier alpha value is -2.43. The highest BCUT2D eigenvalue weighted by atomic mass is 19.1. The zero-order chi connectivity index (χ0) is 13.1. The normalized spacial score (nSPS) is 10.1. The maximum atomic E-state index is 13.0. The predicted molar refractivity (Wildman–Crippen MR) is 59.4 cm³/mol. The van der Waals surface area contributed by atoms with Crippen molar-refractivity contribution < 1.29 is 23.4 Å². The Morgan fingerprint density at radius 3 is 2.17 bits per heavy atom. The molecule has 0 radical (unpaired) electrons. The van der Waals surface area contributed by atoms with Crippen LogP contribution in [0.4, 0.5) is 8.78 Å². The second-order valence-corrected chi connectivity index (χ2v) is 3.49. The van der Waals surface area contributed by atoms with Gasteiger partial charge in [-0.1, -0.05) is 18.2 Å². The molecule has 3 nitrogen and oxygen atoms in total. The van der Waals surface area contributed by atoms with E-state index in [2.05, 4.69) is 0 Å². The minimum absolute atomic E-state index is 0.256. The van der Waals surface area contributed by atoms with E-state index in [1.807, 2.05) is 0 Å². The number of halogens is 2. The smallest absolute Gasteiger partial charge is 0.343 e. The van der Waals surface area contributed by atoms with Gasteiger partial charge in [0.15, 0.2) is 17.4 Å². The van der Waals surface area contributed by atoms with Gasteiger partial charge in [-0.05, 0) is 12.1 Å². The molecule has 2 rings (SSSR count). The molecule has 18 heavy (non-hydrogen) atoms. The lowest BCUT2D eigenvalue weighted by molar-refractivity contribution is 0.0733. The van der Waals surface area contributed by atoms with Crippen LogP contribution in [0.1, 0.15) is 10.4 Å². The van der Waals surface area contributed by atoms with Crippen LogP contribution in [-0.2, 0) is 0 Å². The molecule has 0 aliphatic rings. The first-order valence-corrected chi connectivity index (χ1v) is 5.03. The van der Waals surface area contributed by atoms with Gasteiger partial charge in [0.05, 0.1) is 5.56 Å². The summed E-state index contributed by atoms with van der Waals surface area (Å²) < 4.78 is 30.8. The van der Waals surface area contributed by atoms with E-state index in [1.165, 1.54) is 12.1 Å². The molecule has 0 saturated heterocycles. The van der Waals surface area contributed by atoms with Gasteiger partial charge in [0.1, 0.15) is 5.75 Å². The number of carbonyl (C=O) groups excluding carboxylic acids is 1. The number of phenolic OH excluding ortho intramolecular Hbond substituents is 1. The Morgan fingerprint density at radius 1 is 1.06 bits per heavy atom. The molecule has 0 spiro atoms. The quantitative estimate of drug-likeness (QED) is 0.658. The van der Waals surface area contributed by atoms with Crippen molar-refractivity contribution in [2.24, 2.45) is 0 Å². The summed E-state index contributed by atoms with van der Waals surface area (Å²) in [5, 5.41) is 8.89. The van der Waals surface area contributed by atoms with E-state index in [9.17, 15) is 13.6 Å². The molecule has 0 aliphatic heterocycles. The van der Waals surface area contributed by atoms with Gasteiger partial charge in [0, 0.05) is 12.1 Å². The topological polar surface area (TPSA) is 46.5 Å². The maximum Gasteiger partial charge on any atom is 0.343 e. The zero-order valence-electron chi connectivity index (χ0n) is 9.06. The molecule has 0 saturated carbocycles. The standard InChI is InChI=1S/C13H8F2O3/c14-10-6-9(7-11(15)12(10)16)18-13(17)8-4-2-1-3-5-8/h1-7,16H. The van der Waals surface area contributed by atoms with Crippen LogP contribution in [0.25, 0.3) is 0 Å². The number of hydrogen-bond donors (Lipinski definition) is 1. The Bertz CT molecular complexity index is 559. The molecule has 0 aliphatic carbocycles. The Kier molecular flexibility index (Phi) is 3.23. The third-order valence-corrected chi connectivity index (χ3v) is 2.21. The molecule has 0 unspecified atom stereocenters. The lowest BCUT2D eigenvalue weighted by Crippen LogP contribution is -2.08. The van der Waals surface area contributed by atoms with Gasteiger partial charge in [-0.3, -0.25) is 0 Å². The maximum absolute atomic E-state index is 13.0. The molecule has 0 amide bonds. The lowest BCUT2D eigenvalue weighted by Gasteiger charge is -2.05. The molecule has 2 aromatic carbocycles. The molecular formula is C13H8F2O3. The SMILES string of the molecule is O=C(Oc1cc(F)c(O)c(F)c1)c1ccccc1. The fourth-order valence-corrected chi connectivity index (χ4v) is 1.34. The third kappa shape index (κ3) is 2.45. The number of ether oxygens (including phenoxy) is 1. The number of hydrogen-bond acceptors (Lipinski definition) is 3. The van der Waals surface area contributed by atoms with Crippen molar-refractivity contribution in [1.82, 2.24) is 0 Å². The summed E-state index contributed by atoms with van der Waals surface area (Å²) in [6.45, 7) is 0. The number of rotatable bonds is 2. The zero-order valence-corrected chi connectivity index (χ0v) is 9.06. The molecule has 0 heterocycles. The van der Waals surface area contributed by atoms with Gasteiger partial charge >= 0.3 is 5.97 Å². The largest absolute Gasteiger partial charge is 0.503 e. The van der Waals surface area contributed by atoms with Crippen molar-refractivity contribution in [3.8, 4) is 11.5 Å². The molecule has 0 aromatic heterocycles. The summed E-state index contributed by atoms with van der Waals surface area (Å²) >= 11 is 0. The summed E-state index contributed by atoms with van der Waals surface area (Å²) in [5.41, 5.74) is 0.256. The average molecular weight is 250 g/mol. The molecular weight excluding hydrogens is 242 g/mol. The van der Waals surface area contributed by atoms with Crippen LogP contribution < -0.4 is 4.74 Å². The van der Waals surface area contributed by atoms with Gasteiger partial charge in [-0.25, -0.2) is 13.6 Å². The second kappa shape index (κ2) is 4.83. The van der Waals surface area contributed by atoms with Crippen molar-refractivity contribution in [2.75, 3.05) is 0 Å². The predicted octanol–water partition coefficient (Wildman–Crippen LogP) is 2.89. The van der Waals surface area contributed by atoms with E-state index in [0.29, 0.717) is 0 Å². The summed E-state index contributed by atoms with van der Waals surface area (Å²) in [5.74, 6) is -4.53. The van der Waals surface area contributed by atoms with Crippen molar-refractivity contribution >= 4 is 5.97 Å². The van der Waals surface area contributed by atoms with E-state index in [4.69, 9.17) is 9.84 Å². The van der Waals surface area contributed by atoms with Crippen LogP contribution in [0.15, 0.2) is 42.5 Å². The Labute approximate surface area is 101 Å². The van der Waals surface area contributed by atoms with Crippen LogP contribution in [0.5, 0.6) is 11.5 Å². The van der Waals surface area contributed by atoms with Crippen LogP contribution in [0.3, 0.4) is 0 Å². The van der Waals surface area contributed by atoms with Gasteiger partial charge in [-0.15, -0.1) is 0 Å². The van der Waals surface area contributed by atoms with E-state index < -0.39 is 23.4 Å².